The molecule has 6 heteroatoms. The van der Waals surface area contributed by atoms with Gasteiger partial charge in [-0.1, -0.05) is 20.3 Å². The number of hydrogen-bond acceptors (Lipinski definition) is 4. The van der Waals surface area contributed by atoms with Crippen LogP contribution in [0.1, 0.15) is 26.1 Å². The Morgan fingerprint density at radius 3 is 2.62 bits per heavy atom. The van der Waals surface area contributed by atoms with Gasteiger partial charge in [0, 0.05) is 24.4 Å². The molecule has 0 radical (unpaired) electrons. The van der Waals surface area contributed by atoms with Crippen molar-refractivity contribution >= 4 is 0 Å². The number of benzene rings is 1. The highest BCUT2D eigenvalue weighted by Crippen LogP contribution is 2.21. The molecule has 0 amide bonds. The van der Waals surface area contributed by atoms with Gasteiger partial charge in [-0.2, -0.15) is 10.2 Å². The van der Waals surface area contributed by atoms with E-state index < -0.39 is 0 Å². The quantitative estimate of drug-likeness (QED) is 0.725. The Morgan fingerprint density at radius 2 is 2.00 bits per heavy atom. The lowest BCUT2D eigenvalue weighted by Crippen LogP contribution is -2.07. The minimum atomic E-state index is 0.0461. The van der Waals surface area contributed by atoms with Crippen molar-refractivity contribution < 1.29 is 5.11 Å². The molecule has 0 aliphatic rings. The van der Waals surface area contributed by atoms with Gasteiger partial charge < -0.3 is 5.11 Å². The normalized spacial score (nSPS) is 12.5. The van der Waals surface area contributed by atoms with Crippen LogP contribution in [-0.2, 0) is 13.0 Å². The Morgan fingerprint density at radius 1 is 1.21 bits per heavy atom. The number of aliphatic hydroxyl groups excluding tert-OH is 1. The molecule has 2 aromatic heterocycles. The number of aromatic nitrogens is 5. The van der Waals surface area contributed by atoms with Gasteiger partial charge in [-0.25, -0.2) is 14.3 Å². The third-order valence-electron chi connectivity index (χ3n) is 4.15. The predicted octanol–water partition coefficient (Wildman–Crippen LogP) is 2.71. The van der Waals surface area contributed by atoms with Crippen LogP contribution in [0.25, 0.3) is 17.1 Å². The smallest absolute Gasteiger partial charge is 0.158 e. The highest BCUT2D eigenvalue weighted by Gasteiger charge is 2.13. The molecule has 24 heavy (non-hydrogen) atoms. The summed E-state index contributed by atoms with van der Waals surface area (Å²) in [5, 5.41) is 18.1. The molecule has 0 spiro atoms. The summed E-state index contributed by atoms with van der Waals surface area (Å²) in [6, 6.07) is 9.94. The summed E-state index contributed by atoms with van der Waals surface area (Å²) in [4.78, 5) is 4.70. The van der Waals surface area contributed by atoms with Gasteiger partial charge in [0.15, 0.2) is 11.6 Å². The van der Waals surface area contributed by atoms with E-state index in [0.29, 0.717) is 12.5 Å². The molecular formula is C18H23N5O. The summed E-state index contributed by atoms with van der Waals surface area (Å²) in [6.07, 6.45) is 5.62. The summed E-state index contributed by atoms with van der Waals surface area (Å²) in [7, 11) is 0. The van der Waals surface area contributed by atoms with Gasteiger partial charge in [0.1, 0.15) is 0 Å². The Labute approximate surface area is 141 Å². The van der Waals surface area contributed by atoms with E-state index in [2.05, 4.69) is 24.0 Å². The van der Waals surface area contributed by atoms with E-state index in [9.17, 15) is 5.11 Å². The van der Waals surface area contributed by atoms with Crippen LogP contribution in [0.2, 0.25) is 0 Å². The monoisotopic (exact) mass is 325 g/mol. The average Bonchev–Trinajstić information content (AvgIpc) is 3.25. The molecule has 1 aromatic carbocycles. The number of hydrogen-bond donors (Lipinski definition) is 1. The van der Waals surface area contributed by atoms with E-state index in [4.69, 9.17) is 4.98 Å². The van der Waals surface area contributed by atoms with Crippen LogP contribution in [0.4, 0.5) is 0 Å². The largest absolute Gasteiger partial charge is 0.394 e. The molecule has 2 heterocycles. The van der Waals surface area contributed by atoms with E-state index in [1.54, 1.807) is 10.9 Å². The Balaban J connectivity index is 1.89. The molecule has 126 valence electrons. The van der Waals surface area contributed by atoms with Gasteiger partial charge in [-0.3, -0.25) is 0 Å². The lowest BCUT2D eigenvalue weighted by atomic mass is 10.1. The van der Waals surface area contributed by atoms with Crippen molar-refractivity contribution in [2.45, 2.75) is 33.2 Å². The third kappa shape index (κ3) is 3.54. The van der Waals surface area contributed by atoms with Crippen molar-refractivity contribution in [2.24, 2.45) is 5.92 Å². The first-order valence-corrected chi connectivity index (χ1v) is 8.36. The maximum atomic E-state index is 9.30. The summed E-state index contributed by atoms with van der Waals surface area (Å²) in [5.41, 5.74) is 1.99. The Kier molecular flexibility index (Phi) is 5.05. The van der Waals surface area contributed by atoms with Crippen LogP contribution in [-0.4, -0.2) is 36.3 Å². The molecule has 3 aromatic rings. The summed E-state index contributed by atoms with van der Waals surface area (Å²) < 4.78 is 3.61. The van der Waals surface area contributed by atoms with Crippen molar-refractivity contribution in [3.05, 3.63) is 48.5 Å². The molecule has 0 aliphatic heterocycles. The molecule has 1 N–H and O–H groups in total. The molecule has 0 aliphatic carbocycles. The number of rotatable bonds is 7. The highest BCUT2D eigenvalue weighted by atomic mass is 16.3. The van der Waals surface area contributed by atoms with Crippen LogP contribution < -0.4 is 0 Å². The second-order valence-electron chi connectivity index (χ2n) is 6.01. The standard InChI is InChI=1S/C18H23N5O/c1-3-14(2)13-17-20-18(23(21-17)11-12-24)15-5-7-16(8-6-15)22-10-4-9-19-22/h4-10,14,24H,3,11-13H2,1-2H3/t14-/m1/s1. The lowest BCUT2D eigenvalue weighted by Gasteiger charge is -2.05. The van der Waals surface area contributed by atoms with Gasteiger partial charge in [-0.15, -0.1) is 0 Å². The SMILES string of the molecule is CC[C@@H](C)Cc1nc(-c2ccc(-n3cccn3)cc2)n(CCO)n1. The van der Waals surface area contributed by atoms with Crippen molar-refractivity contribution in [3.8, 4) is 17.1 Å². The summed E-state index contributed by atoms with van der Waals surface area (Å²) in [5.74, 6) is 2.18. The molecule has 0 unspecified atom stereocenters. The van der Waals surface area contributed by atoms with Crippen molar-refractivity contribution in [1.29, 1.82) is 0 Å². The number of nitrogens with zero attached hydrogens (tertiary/aromatic N) is 5. The molecule has 1 atom stereocenters. The summed E-state index contributed by atoms with van der Waals surface area (Å²) >= 11 is 0. The van der Waals surface area contributed by atoms with E-state index in [-0.39, 0.29) is 6.61 Å². The van der Waals surface area contributed by atoms with Gasteiger partial charge >= 0.3 is 0 Å². The zero-order valence-electron chi connectivity index (χ0n) is 14.1. The van der Waals surface area contributed by atoms with E-state index in [0.717, 1.165) is 35.7 Å². The fourth-order valence-electron chi connectivity index (χ4n) is 2.58. The Bertz CT molecular complexity index is 761. The minimum Gasteiger partial charge on any atom is -0.394 e. The van der Waals surface area contributed by atoms with Crippen LogP contribution in [0, 0.1) is 5.92 Å². The topological polar surface area (TPSA) is 68.8 Å². The van der Waals surface area contributed by atoms with Crippen molar-refractivity contribution in [1.82, 2.24) is 24.5 Å². The summed E-state index contributed by atoms with van der Waals surface area (Å²) in [6.45, 7) is 4.86. The first-order valence-electron chi connectivity index (χ1n) is 8.36. The molecule has 6 nitrogen and oxygen atoms in total. The van der Waals surface area contributed by atoms with Gasteiger partial charge in [-0.05, 0) is 36.2 Å². The van der Waals surface area contributed by atoms with Crippen LogP contribution in [0.3, 0.4) is 0 Å². The molecule has 0 saturated carbocycles. The van der Waals surface area contributed by atoms with Crippen LogP contribution >= 0.6 is 0 Å². The van der Waals surface area contributed by atoms with Gasteiger partial charge in [0.25, 0.3) is 0 Å². The number of aliphatic hydroxyl groups is 1. The van der Waals surface area contributed by atoms with Gasteiger partial charge in [0.2, 0.25) is 0 Å². The highest BCUT2D eigenvalue weighted by molar-refractivity contribution is 5.57. The predicted molar refractivity (Wildman–Crippen MR) is 92.8 cm³/mol. The maximum absolute atomic E-state index is 9.30. The molecule has 0 fully saturated rings. The molecule has 0 bridgehead atoms. The van der Waals surface area contributed by atoms with Crippen LogP contribution in [0.5, 0.6) is 0 Å². The first kappa shape index (κ1) is 16.4. The van der Waals surface area contributed by atoms with E-state index in [1.807, 2.05) is 41.2 Å². The van der Waals surface area contributed by atoms with Crippen molar-refractivity contribution in [3.63, 3.8) is 0 Å². The third-order valence-corrected chi connectivity index (χ3v) is 4.15. The molecule has 0 saturated heterocycles. The van der Waals surface area contributed by atoms with Crippen molar-refractivity contribution in [2.75, 3.05) is 6.61 Å². The maximum Gasteiger partial charge on any atom is 0.158 e. The fourth-order valence-corrected chi connectivity index (χ4v) is 2.58. The van der Waals surface area contributed by atoms with Crippen LogP contribution in [0.15, 0.2) is 42.7 Å². The fraction of sp³-hybridized carbons (Fsp3) is 0.389. The molecule has 3 rings (SSSR count). The van der Waals surface area contributed by atoms with Gasteiger partial charge in [0.05, 0.1) is 18.8 Å². The second kappa shape index (κ2) is 7.40. The zero-order valence-corrected chi connectivity index (χ0v) is 14.1. The Hall–Kier alpha value is -2.47. The second-order valence-corrected chi connectivity index (χ2v) is 6.01. The zero-order chi connectivity index (χ0) is 16.9. The van der Waals surface area contributed by atoms with E-state index >= 15 is 0 Å². The molecular weight excluding hydrogens is 302 g/mol. The first-order chi connectivity index (χ1) is 11.7. The minimum absolute atomic E-state index is 0.0461. The average molecular weight is 325 g/mol. The van der Waals surface area contributed by atoms with E-state index in [1.165, 1.54) is 0 Å². The lowest BCUT2D eigenvalue weighted by molar-refractivity contribution is 0.269.